The zero-order valence-electron chi connectivity index (χ0n) is 17.0. The summed E-state index contributed by atoms with van der Waals surface area (Å²) in [6, 6.07) is 19.8. The van der Waals surface area contributed by atoms with Crippen molar-refractivity contribution in [3.63, 3.8) is 0 Å². The van der Waals surface area contributed by atoms with E-state index in [-0.39, 0.29) is 16.9 Å². The Balaban J connectivity index is 1.46. The van der Waals surface area contributed by atoms with E-state index in [4.69, 9.17) is 4.74 Å². The molecule has 0 aliphatic heterocycles. The van der Waals surface area contributed by atoms with E-state index in [0.717, 1.165) is 5.39 Å². The maximum Gasteiger partial charge on any atom is 0.357 e. The van der Waals surface area contributed by atoms with Crippen molar-refractivity contribution in [2.75, 3.05) is 11.9 Å². The van der Waals surface area contributed by atoms with E-state index in [0.29, 0.717) is 16.9 Å². The number of nitrogens with zero attached hydrogens (tertiary/aromatic N) is 3. The van der Waals surface area contributed by atoms with Gasteiger partial charge in [0.25, 0.3) is 11.5 Å². The predicted molar refractivity (Wildman–Crippen MR) is 116 cm³/mol. The van der Waals surface area contributed by atoms with Crippen molar-refractivity contribution >= 4 is 28.5 Å². The number of aromatic nitrogens is 3. The van der Waals surface area contributed by atoms with E-state index in [9.17, 15) is 14.4 Å². The second kappa shape index (κ2) is 8.27. The van der Waals surface area contributed by atoms with Crippen molar-refractivity contribution in [3.8, 4) is 5.69 Å². The lowest BCUT2D eigenvalue weighted by atomic mass is 10.2. The van der Waals surface area contributed by atoms with E-state index in [1.165, 1.54) is 4.68 Å². The predicted octanol–water partition coefficient (Wildman–Crippen LogP) is 2.83. The Morgan fingerprint density at radius 2 is 1.71 bits per heavy atom. The van der Waals surface area contributed by atoms with Gasteiger partial charge in [-0.3, -0.25) is 14.3 Å². The van der Waals surface area contributed by atoms with Crippen molar-refractivity contribution in [2.24, 2.45) is 7.05 Å². The highest BCUT2D eigenvalue weighted by atomic mass is 16.5. The number of fused-ring (bicyclic) bond motifs is 1. The average Bonchev–Trinajstić information content (AvgIpc) is 3.00. The highest BCUT2D eigenvalue weighted by molar-refractivity contribution is 5.96. The summed E-state index contributed by atoms with van der Waals surface area (Å²) in [6.07, 6.45) is 0. The smallest absolute Gasteiger partial charge is 0.357 e. The minimum atomic E-state index is -0.715. The van der Waals surface area contributed by atoms with E-state index >= 15 is 0 Å². The molecule has 0 saturated carbocycles. The Morgan fingerprint density at radius 3 is 2.48 bits per heavy atom. The van der Waals surface area contributed by atoms with Gasteiger partial charge in [0.15, 0.2) is 6.61 Å². The molecule has 1 N–H and O–H groups in total. The quantitative estimate of drug-likeness (QED) is 0.505. The molecule has 0 unspecified atom stereocenters. The number of hydrogen-bond donors (Lipinski definition) is 1. The van der Waals surface area contributed by atoms with Gasteiger partial charge in [0.1, 0.15) is 11.4 Å². The normalized spacial score (nSPS) is 10.8. The number of carbonyl (C=O) groups excluding carboxylic acids is 2. The third-order valence-corrected chi connectivity index (χ3v) is 4.96. The number of ether oxygens (including phenoxy) is 1. The van der Waals surface area contributed by atoms with Gasteiger partial charge in [-0.25, -0.2) is 14.5 Å². The fourth-order valence-electron chi connectivity index (χ4n) is 3.27. The van der Waals surface area contributed by atoms with Gasteiger partial charge < -0.3 is 10.1 Å². The summed E-state index contributed by atoms with van der Waals surface area (Å²) in [5.74, 6) is -1.33. The van der Waals surface area contributed by atoms with E-state index in [1.807, 2.05) is 36.4 Å². The van der Waals surface area contributed by atoms with Crippen molar-refractivity contribution < 1.29 is 14.3 Å². The van der Waals surface area contributed by atoms with Crippen LogP contribution in [-0.2, 0) is 16.6 Å². The highest BCUT2D eigenvalue weighted by Gasteiger charge is 2.19. The summed E-state index contributed by atoms with van der Waals surface area (Å²) in [5.41, 5.74) is 1.77. The monoisotopic (exact) mass is 416 g/mol. The van der Waals surface area contributed by atoms with Crippen molar-refractivity contribution in [1.82, 2.24) is 14.3 Å². The molecule has 0 bridgehead atoms. The van der Waals surface area contributed by atoms with Crippen LogP contribution in [0.4, 0.5) is 5.69 Å². The summed E-state index contributed by atoms with van der Waals surface area (Å²) in [5, 5.41) is 3.45. The SMILES string of the molecule is Cc1c(NC(=O)COC(=O)c2ccc3ccccc3n2)c(=O)n(-c2ccccc2)n1C. The standard InChI is InChI=1S/C23H20N4O4/c1-15-21(22(29)27(26(15)2)17-9-4-3-5-10-17)25-20(28)14-31-23(30)19-13-12-16-8-6-7-11-18(16)24-19/h3-13H,14H2,1-2H3,(H,25,28). The molecule has 8 nitrogen and oxygen atoms in total. The molecule has 0 atom stereocenters. The van der Waals surface area contributed by atoms with Crippen LogP contribution in [0.5, 0.6) is 0 Å². The molecule has 1 amide bonds. The summed E-state index contributed by atoms with van der Waals surface area (Å²) in [4.78, 5) is 41.7. The van der Waals surface area contributed by atoms with E-state index in [2.05, 4.69) is 10.3 Å². The maximum atomic E-state index is 12.8. The van der Waals surface area contributed by atoms with Crippen LogP contribution in [0.3, 0.4) is 0 Å². The molecule has 0 radical (unpaired) electrons. The zero-order valence-corrected chi connectivity index (χ0v) is 17.0. The second-order valence-corrected chi connectivity index (χ2v) is 6.95. The topological polar surface area (TPSA) is 95.2 Å². The molecule has 0 aliphatic carbocycles. The van der Waals surface area contributed by atoms with Gasteiger partial charge in [0.2, 0.25) is 0 Å². The van der Waals surface area contributed by atoms with Crippen LogP contribution in [0.25, 0.3) is 16.6 Å². The molecule has 4 aromatic rings. The summed E-state index contributed by atoms with van der Waals surface area (Å²) >= 11 is 0. The molecule has 8 heteroatoms. The Kier molecular flexibility index (Phi) is 5.36. The van der Waals surface area contributed by atoms with Gasteiger partial charge in [0, 0.05) is 12.4 Å². The van der Waals surface area contributed by atoms with Gasteiger partial charge in [0.05, 0.1) is 16.9 Å². The van der Waals surface area contributed by atoms with Crippen LogP contribution in [-0.4, -0.2) is 32.8 Å². The minimum Gasteiger partial charge on any atom is -0.451 e. The first-order valence-corrected chi connectivity index (χ1v) is 9.62. The Morgan fingerprint density at radius 1 is 1.00 bits per heavy atom. The number of amides is 1. The van der Waals surface area contributed by atoms with Crippen LogP contribution < -0.4 is 10.9 Å². The Hall–Kier alpha value is -4.20. The fraction of sp³-hybridized carbons (Fsp3) is 0.130. The number of hydrogen-bond acceptors (Lipinski definition) is 5. The summed E-state index contributed by atoms with van der Waals surface area (Å²) in [6.45, 7) is 1.19. The number of pyridine rings is 1. The van der Waals surface area contributed by atoms with Gasteiger partial charge in [-0.05, 0) is 31.2 Å². The lowest BCUT2D eigenvalue weighted by Crippen LogP contribution is -2.26. The molecule has 156 valence electrons. The number of benzene rings is 2. The van der Waals surface area contributed by atoms with E-state index in [1.54, 1.807) is 49.0 Å². The molecule has 0 aliphatic rings. The number of rotatable bonds is 5. The molecule has 0 spiro atoms. The average molecular weight is 416 g/mol. The number of esters is 1. The number of anilines is 1. The first-order valence-electron chi connectivity index (χ1n) is 9.62. The molecule has 4 rings (SSSR count). The lowest BCUT2D eigenvalue weighted by Gasteiger charge is -2.07. The minimum absolute atomic E-state index is 0.105. The van der Waals surface area contributed by atoms with Gasteiger partial charge in [-0.15, -0.1) is 0 Å². The molecule has 31 heavy (non-hydrogen) atoms. The Labute approximate surface area is 177 Å². The first-order chi connectivity index (χ1) is 15.0. The van der Waals surface area contributed by atoms with Crippen LogP contribution >= 0.6 is 0 Å². The van der Waals surface area contributed by atoms with Gasteiger partial charge >= 0.3 is 5.97 Å². The number of para-hydroxylation sites is 2. The van der Waals surface area contributed by atoms with Crippen LogP contribution in [0.2, 0.25) is 0 Å². The molecule has 0 saturated heterocycles. The lowest BCUT2D eigenvalue weighted by molar-refractivity contribution is -0.119. The third-order valence-electron chi connectivity index (χ3n) is 4.96. The molecule has 2 aromatic carbocycles. The highest BCUT2D eigenvalue weighted by Crippen LogP contribution is 2.15. The van der Waals surface area contributed by atoms with Crippen LogP contribution in [0.1, 0.15) is 16.2 Å². The van der Waals surface area contributed by atoms with E-state index < -0.39 is 18.5 Å². The fourth-order valence-corrected chi connectivity index (χ4v) is 3.27. The number of carbonyl (C=O) groups is 2. The number of nitrogens with one attached hydrogen (secondary N) is 1. The summed E-state index contributed by atoms with van der Waals surface area (Å²) < 4.78 is 8.19. The molecule has 0 fully saturated rings. The van der Waals surface area contributed by atoms with Crippen LogP contribution in [0, 0.1) is 6.92 Å². The molecule has 2 aromatic heterocycles. The van der Waals surface area contributed by atoms with Crippen molar-refractivity contribution in [1.29, 1.82) is 0 Å². The zero-order chi connectivity index (χ0) is 22.0. The molecule has 2 heterocycles. The van der Waals surface area contributed by atoms with Crippen molar-refractivity contribution in [3.05, 3.63) is 88.5 Å². The Bertz CT molecular complexity index is 1340. The van der Waals surface area contributed by atoms with Crippen LogP contribution in [0.15, 0.2) is 71.5 Å². The maximum absolute atomic E-state index is 12.8. The van der Waals surface area contributed by atoms with Crippen molar-refractivity contribution in [2.45, 2.75) is 6.92 Å². The van der Waals surface area contributed by atoms with Gasteiger partial charge in [-0.1, -0.05) is 42.5 Å². The molecular weight excluding hydrogens is 396 g/mol. The first kappa shape index (κ1) is 20.1. The largest absolute Gasteiger partial charge is 0.451 e. The summed E-state index contributed by atoms with van der Waals surface area (Å²) in [7, 11) is 1.73. The van der Waals surface area contributed by atoms with Gasteiger partial charge in [-0.2, -0.15) is 0 Å². The second-order valence-electron chi connectivity index (χ2n) is 6.95. The molecular formula is C23H20N4O4. The third kappa shape index (κ3) is 3.95.